The molecular formula is C15H15BrFNO. The molecule has 0 radical (unpaired) electrons. The van der Waals surface area contributed by atoms with Crippen LogP contribution in [0, 0.1) is 5.82 Å². The molecule has 19 heavy (non-hydrogen) atoms. The van der Waals surface area contributed by atoms with Gasteiger partial charge in [-0.05, 0) is 39.2 Å². The van der Waals surface area contributed by atoms with Crippen molar-refractivity contribution in [2.45, 2.75) is 18.6 Å². The molecule has 0 amide bonds. The number of hydrogen-bond donors (Lipinski definition) is 2. The monoisotopic (exact) mass is 323 g/mol. The van der Waals surface area contributed by atoms with Crippen LogP contribution in [0.1, 0.15) is 17.2 Å². The maximum absolute atomic E-state index is 13.4. The lowest BCUT2D eigenvalue weighted by molar-refractivity contribution is 0.145. The van der Waals surface area contributed by atoms with Gasteiger partial charge in [0.05, 0.1) is 16.6 Å². The van der Waals surface area contributed by atoms with E-state index < -0.39 is 12.1 Å². The van der Waals surface area contributed by atoms with Crippen molar-refractivity contribution in [3.8, 4) is 0 Å². The smallest absolute Gasteiger partial charge is 0.137 e. The largest absolute Gasteiger partial charge is 0.391 e. The molecule has 2 atom stereocenters. The predicted molar refractivity (Wildman–Crippen MR) is 77.2 cm³/mol. The van der Waals surface area contributed by atoms with Crippen LogP contribution < -0.4 is 5.73 Å². The van der Waals surface area contributed by atoms with Gasteiger partial charge in [-0.15, -0.1) is 0 Å². The average molecular weight is 324 g/mol. The molecule has 2 nitrogen and oxygen atoms in total. The Kier molecular flexibility index (Phi) is 4.69. The van der Waals surface area contributed by atoms with E-state index in [1.165, 1.54) is 6.07 Å². The first kappa shape index (κ1) is 14.2. The summed E-state index contributed by atoms with van der Waals surface area (Å²) >= 11 is 3.09. The van der Waals surface area contributed by atoms with Gasteiger partial charge in [0, 0.05) is 6.42 Å². The third kappa shape index (κ3) is 3.62. The van der Waals surface area contributed by atoms with Gasteiger partial charge < -0.3 is 10.8 Å². The molecule has 2 aromatic rings. The van der Waals surface area contributed by atoms with Crippen molar-refractivity contribution in [2.24, 2.45) is 5.73 Å². The summed E-state index contributed by atoms with van der Waals surface area (Å²) in [4.78, 5) is 0. The number of aliphatic hydroxyl groups is 1. The highest BCUT2D eigenvalue weighted by atomic mass is 79.9. The highest BCUT2D eigenvalue weighted by Gasteiger charge is 2.18. The molecule has 100 valence electrons. The van der Waals surface area contributed by atoms with E-state index in [4.69, 9.17) is 5.73 Å². The van der Waals surface area contributed by atoms with E-state index in [1.54, 1.807) is 12.1 Å². The van der Waals surface area contributed by atoms with Crippen LogP contribution in [0.25, 0.3) is 0 Å². The first-order chi connectivity index (χ1) is 9.08. The Hall–Kier alpha value is -1.23. The normalized spacial score (nSPS) is 14.1. The number of aliphatic hydroxyl groups excluding tert-OH is 1. The zero-order chi connectivity index (χ0) is 13.8. The lowest BCUT2D eigenvalue weighted by atomic mass is 9.97. The summed E-state index contributed by atoms with van der Waals surface area (Å²) in [6, 6.07) is 13.6. The van der Waals surface area contributed by atoms with E-state index in [-0.39, 0.29) is 5.82 Å². The number of nitrogens with two attached hydrogens (primary N) is 1. The molecule has 0 aromatic heterocycles. The van der Waals surface area contributed by atoms with Crippen LogP contribution in [0.2, 0.25) is 0 Å². The van der Waals surface area contributed by atoms with Crippen LogP contribution >= 0.6 is 15.9 Å². The van der Waals surface area contributed by atoms with Gasteiger partial charge in [-0.25, -0.2) is 4.39 Å². The summed E-state index contributed by atoms with van der Waals surface area (Å²) < 4.78 is 13.8. The SMILES string of the molecule is N[C@H](c1ccc(Br)c(F)c1)[C@@H](O)Cc1ccccc1. The van der Waals surface area contributed by atoms with Crippen molar-refractivity contribution in [3.05, 3.63) is 69.9 Å². The molecule has 0 bridgehead atoms. The first-order valence-electron chi connectivity index (χ1n) is 6.00. The highest BCUT2D eigenvalue weighted by Crippen LogP contribution is 2.22. The van der Waals surface area contributed by atoms with Gasteiger partial charge in [0.2, 0.25) is 0 Å². The summed E-state index contributed by atoms with van der Waals surface area (Å²) in [6.07, 6.45) is -0.303. The maximum Gasteiger partial charge on any atom is 0.137 e. The molecule has 0 saturated heterocycles. The van der Waals surface area contributed by atoms with E-state index in [0.717, 1.165) is 5.56 Å². The van der Waals surface area contributed by atoms with Crippen molar-refractivity contribution in [1.82, 2.24) is 0 Å². The van der Waals surface area contributed by atoms with Crippen LogP contribution in [0.5, 0.6) is 0 Å². The van der Waals surface area contributed by atoms with Gasteiger partial charge >= 0.3 is 0 Å². The number of rotatable bonds is 4. The zero-order valence-electron chi connectivity index (χ0n) is 10.3. The van der Waals surface area contributed by atoms with Crippen molar-refractivity contribution in [2.75, 3.05) is 0 Å². The Balaban J connectivity index is 2.10. The fourth-order valence-corrected chi connectivity index (χ4v) is 2.17. The zero-order valence-corrected chi connectivity index (χ0v) is 11.8. The Morgan fingerprint density at radius 3 is 2.47 bits per heavy atom. The van der Waals surface area contributed by atoms with E-state index in [2.05, 4.69) is 15.9 Å². The fourth-order valence-electron chi connectivity index (χ4n) is 1.92. The van der Waals surface area contributed by atoms with Crippen molar-refractivity contribution >= 4 is 15.9 Å². The second-order valence-electron chi connectivity index (χ2n) is 4.46. The van der Waals surface area contributed by atoms with Crippen LogP contribution in [0.15, 0.2) is 53.0 Å². The molecule has 0 saturated carbocycles. The molecule has 0 aliphatic rings. The minimum atomic E-state index is -0.747. The van der Waals surface area contributed by atoms with Gasteiger partial charge in [-0.2, -0.15) is 0 Å². The number of halogens is 2. The molecule has 2 aromatic carbocycles. The van der Waals surface area contributed by atoms with Gasteiger partial charge in [-0.3, -0.25) is 0 Å². The Morgan fingerprint density at radius 2 is 1.84 bits per heavy atom. The summed E-state index contributed by atoms with van der Waals surface area (Å²) in [5, 5.41) is 10.1. The van der Waals surface area contributed by atoms with Gasteiger partial charge in [0.15, 0.2) is 0 Å². The fraction of sp³-hybridized carbons (Fsp3) is 0.200. The van der Waals surface area contributed by atoms with E-state index in [9.17, 15) is 9.50 Å². The molecule has 0 fully saturated rings. The Labute approximate surface area is 120 Å². The average Bonchev–Trinajstić information content (AvgIpc) is 2.42. The third-order valence-electron chi connectivity index (χ3n) is 3.03. The number of benzene rings is 2. The molecule has 3 N–H and O–H groups in total. The second-order valence-corrected chi connectivity index (χ2v) is 5.31. The van der Waals surface area contributed by atoms with Crippen molar-refractivity contribution in [3.63, 3.8) is 0 Å². The summed E-state index contributed by atoms with van der Waals surface area (Å²) in [6.45, 7) is 0. The molecule has 0 spiro atoms. The molecule has 0 aliphatic carbocycles. The van der Waals surface area contributed by atoms with E-state index in [0.29, 0.717) is 16.5 Å². The number of hydrogen-bond acceptors (Lipinski definition) is 2. The van der Waals surface area contributed by atoms with Gasteiger partial charge in [0.25, 0.3) is 0 Å². The molecule has 2 rings (SSSR count). The minimum Gasteiger partial charge on any atom is -0.391 e. The molecule has 0 aliphatic heterocycles. The van der Waals surface area contributed by atoms with Crippen molar-refractivity contribution < 1.29 is 9.50 Å². The van der Waals surface area contributed by atoms with Crippen LogP contribution in [-0.4, -0.2) is 11.2 Å². The van der Waals surface area contributed by atoms with Crippen LogP contribution in [0.3, 0.4) is 0 Å². The lowest BCUT2D eigenvalue weighted by Crippen LogP contribution is -2.28. The topological polar surface area (TPSA) is 46.2 Å². The second kappa shape index (κ2) is 6.28. The molecule has 0 unspecified atom stereocenters. The summed E-state index contributed by atoms with van der Waals surface area (Å²) in [5.74, 6) is -0.375. The molecular weight excluding hydrogens is 309 g/mol. The molecule has 4 heteroatoms. The highest BCUT2D eigenvalue weighted by molar-refractivity contribution is 9.10. The Bertz CT molecular complexity index is 547. The standard InChI is InChI=1S/C15H15BrFNO/c16-12-7-6-11(9-13(12)17)15(18)14(19)8-10-4-2-1-3-5-10/h1-7,9,14-15,19H,8,18H2/t14-,15+/m0/s1. The quantitative estimate of drug-likeness (QED) is 0.907. The third-order valence-corrected chi connectivity index (χ3v) is 3.67. The summed E-state index contributed by atoms with van der Waals surface area (Å²) in [5.41, 5.74) is 7.56. The minimum absolute atomic E-state index is 0.375. The van der Waals surface area contributed by atoms with E-state index >= 15 is 0 Å². The van der Waals surface area contributed by atoms with E-state index in [1.807, 2.05) is 30.3 Å². The first-order valence-corrected chi connectivity index (χ1v) is 6.80. The predicted octanol–water partition coefficient (Wildman–Crippen LogP) is 3.19. The Morgan fingerprint density at radius 1 is 1.16 bits per heavy atom. The van der Waals surface area contributed by atoms with Crippen LogP contribution in [0.4, 0.5) is 4.39 Å². The maximum atomic E-state index is 13.4. The lowest BCUT2D eigenvalue weighted by Gasteiger charge is -2.19. The van der Waals surface area contributed by atoms with Gasteiger partial charge in [-0.1, -0.05) is 36.4 Å². The summed E-state index contributed by atoms with van der Waals surface area (Å²) in [7, 11) is 0. The molecule has 0 heterocycles. The van der Waals surface area contributed by atoms with Crippen molar-refractivity contribution in [1.29, 1.82) is 0 Å². The van der Waals surface area contributed by atoms with Gasteiger partial charge in [0.1, 0.15) is 5.82 Å². The van der Waals surface area contributed by atoms with Crippen LogP contribution in [-0.2, 0) is 6.42 Å².